The molecule has 6 heteroatoms. The minimum Gasteiger partial charge on any atom is -0.496 e. The van der Waals surface area contributed by atoms with Gasteiger partial charge in [-0.25, -0.2) is 4.79 Å². The van der Waals surface area contributed by atoms with Crippen molar-refractivity contribution in [3.63, 3.8) is 0 Å². The number of fused-ring (bicyclic) bond motifs is 1. The van der Waals surface area contributed by atoms with Crippen molar-refractivity contribution in [2.45, 2.75) is 0 Å². The molecular weight excluding hydrogens is 294 g/mol. The van der Waals surface area contributed by atoms with E-state index in [1.54, 1.807) is 30.3 Å². The summed E-state index contributed by atoms with van der Waals surface area (Å²) in [6.07, 6.45) is 0. The third-order valence-corrected chi connectivity index (χ3v) is 3.33. The molecule has 0 aliphatic rings. The SMILES string of the molecule is COc1cc(Cl)ccc1C(=O)c1ccc2[nH]c(=O)oc2c1. The number of H-pyrrole nitrogens is 1. The van der Waals surface area contributed by atoms with Crippen LogP contribution in [0.1, 0.15) is 15.9 Å². The molecule has 21 heavy (non-hydrogen) atoms. The molecule has 0 fully saturated rings. The van der Waals surface area contributed by atoms with E-state index in [2.05, 4.69) is 4.98 Å². The van der Waals surface area contributed by atoms with Crippen LogP contribution < -0.4 is 10.5 Å². The summed E-state index contributed by atoms with van der Waals surface area (Å²) in [5.74, 6) is -0.406. The maximum atomic E-state index is 12.5. The Balaban J connectivity index is 2.09. The van der Waals surface area contributed by atoms with E-state index in [1.165, 1.54) is 13.2 Å². The fourth-order valence-electron chi connectivity index (χ4n) is 2.09. The maximum absolute atomic E-state index is 12.5. The molecule has 0 aliphatic heterocycles. The van der Waals surface area contributed by atoms with Crippen LogP contribution in [0, 0.1) is 0 Å². The molecule has 2 aromatic carbocycles. The monoisotopic (exact) mass is 303 g/mol. The maximum Gasteiger partial charge on any atom is 0.417 e. The van der Waals surface area contributed by atoms with E-state index in [9.17, 15) is 9.59 Å². The van der Waals surface area contributed by atoms with Crippen molar-refractivity contribution in [2.75, 3.05) is 7.11 Å². The predicted octanol–water partition coefficient (Wildman–Crippen LogP) is 3.01. The Morgan fingerprint density at radius 1 is 1.24 bits per heavy atom. The minimum atomic E-state index is -0.557. The second-order valence-electron chi connectivity index (χ2n) is 4.40. The van der Waals surface area contributed by atoms with Crippen LogP contribution in [0.15, 0.2) is 45.6 Å². The van der Waals surface area contributed by atoms with Crippen LogP contribution in [-0.2, 0) is 0 Å². The molecule has 0 atom stereocenters. The van der Waals surface area contributed by atoms with E-state index in [4.69, 9.17) is 20.8 Å². The van der Waals surface area contributed by atoms with E-state index in [0.717, 1.165) is 0 Å². The first-order valence-electron chi connectivity index (χ1n) is 6.09. The highest BCUT2D eigenvalue weighted by molar-refractivity contribution is 6.31. The first kappa shape index (κ1) is 13.5. The molecule has 0 amide bonds. The van der Waals surface area contributed by atoms with Crippen molar-refractivity contribution in [2.24, 2.45) is 0 Å². The zero-order valence-electron chi connectivity index (χ0n) is 11.0. The highest BCUT2D eigenvalue weighted by atomic mass is 35.5. The number of hydrogen-bond acceptors (Lipinski definition) is 4. The van der Waals surface area contributed by atoms with Crippen molar-refractivity contribution in [1.82, 2.24) is 4.98 Å². The van der Waals surface area contributed by atoms with Gasteiger partial charge in [0.05, 0.1) is 18.2 Å². The summed E-state index contributed by atoms with van der Waals surface area (Å²) in [4.78, 5) is 26.2. The predicted molar refractivity (Wildman–Crippen MR) is 78.3 cm³/mol. The summed E-state index contributed by atoms with van der Waals surface area (Å²) in [7, 11) is 1.47. The van der Waals surface area contributed by atoms with E-state index < -0.39 is 5.76 Å². The van der Waals surface area contributed by atoms with Crippen LogP contribution in [0.3, 0.4) is 0 Å². The van der Waals surface area contributed by atoms with Crippen LogP contribution in [0.5, 0.6) is 5.75 Å². The zero-order valence-corrected chi connectivity index (χ0v) is 11.7. The molecule has 0 bridgehead atoms. The average molecular weight is 304 g/mol. The first-order valence-corrected chi connectivity index (χ1v) is 6.47. The molecule has 0 spiro atoms. The topological polar surface area (TPSA) is 72.3 Å². The normalized spacial score (nSPS) is 10.8. The Morgan fingerprint density at radius 3 is 2.81 bits per heavy atom. The molecule has 1 aromatic heterocycles. The number of rotatable bonds is 3. The van der Waals surface area contributed by atoms with Gasteiger partial charge in [0.2, 0.25) is 0 Å². The lowest BCUT2D eigenvalue weighted by atomic mass is 10.0. The van der Waals surface area contributed by atoms with Crippen LogP contribution >= 0.6 is 11.6 Å². The van der Waals surface area contributed by atoms with E-state index >= 15 is 0 Å². The summed E-state index contributed by atoms with van der Waals surface area (Å²) in [5.41, 5.74) is 1.66. The summed E-state index contributed by atoms with van der Waals surface area (Å²) in [5, 5.41) is 0.482. The minimum absolute atomic E-state index is 0.241. The average Bonchev–Trinajstić information content (AvgIpc) is 2.85. The fourth-order valence-corrected chi connectivity index (χ4v) is 2.26. The van der Waals surface area contributed by atoms with Gasteiger partial charge in [0.15, 0.2) is 11.4 Å². The number of carbonyl (C=O) groups excluding carboxylic acids is 1. The number of methoxy groups -OCH3 is 1. The fraction of sp³-hybridized carbons (Fsp3) is 0.0667. The standard InChI is InChI=1S/C15H10ClNO4/c1-20-12-7-9(16)3-4-10(12)14(18)8-2-5-11-13(6-8)21-15(19)17-11/h2-7H,1H3,(H,17,19). The van der Waals surface area contributed by atoms with Gasteiger partial charge in [-0.3, -0.25) is 9.78 Å². The number of ether oxygens (including phenoxy) is 1. The van der Waals surface area contributed by atoms with Crippen LogP contribution in [0.2, 0.25) is 5.02 Å². The van der Waals surface area contributed by atoms with Gasteiger partial charge >= 0.3 is 5.76 Å². The molecule has 0 aliphatic carbocycles. The second kappa shape index (κ2) is 5.10. The molecule has 0 saturated heterocycles. The summed E-state index contributed by atoms with van der Waals surface area (Å²) in [6, 6.07) is 9.54. The van der Waals surface area contributed by atoms with Gasteiger partial charge in [0.25, 0.3) is 0 Å². The number of ketones is 1. The lowest BCUT2D eigenvalue weighted by molar-refractivity contribution is 0.103. The number of nitrogens with one attached hydrogen (secondary N) is 1. The highest BCUT2D eigenvalue weighted by Crippen LogP contribution is 2.26. The lowest BCUT2D eigenvalue weighted by Crippen LogP contribution is -2.03. The van der Waals surface area contributed by atoms with Gasteiger partial charge in [-0.05, 0) is 36.4 Å². The zero-order chi connectivity index (χ0) is 15.0. The number of aromatic nitrogens is 1. The smallest absolute Gasteiger partial charge is 0.417 e. The Hall–Kier alpha value is -2.53. The van der Waals surface area contributed by atoms with E-state index in [0.29, 0.717) is 33.0 Å². The van der Waals surface area contributed by atoms with Gasteiger partial charge in [-0.15, -0.1) is 0 Å². The lowest BCUT2D eigenvalue weighted by Gasteiger charge is -2.08. The summed E-state index contributed by atoms with van der Waals surface area (Å²) >= 11 is 5.88. The van der Waals surface area contributed by atoms with Crippen molar-refractivity contribution >= 4 is 28.5 Å². The summed E-state index contributed by atoms with van der Waals surface area (Å²) < 4.78 is 10.1. The number of benzene rings is 2. The molecule has 0 unspecified atom stereocenters. The van der Waals surface area contributed by atoms with Gasteiger partial charge in [0.1, 0.15) is 5.75 Å². The molecule has 1 N–H and O–H groups in total. The molecular formula is C15H10ClNO4. The third-order valence-electron chi connectivity index (χ3n) is 3.09. The van der Waals surface area contributed by atoms with Gasteiger partial charge in [0, 0.05) is 10.6 Å². The number of carbonyl (C=O) groups is 1. The van der Waals surface area contributed by atoms with Crippen LogP contribution in [-0.4, -0.2) is 17.9 Å². The molecule has 1 heterocycles. The Kier molecular flexibility index (Phi) is 3.27. The van der Waals surface area contributed by atoms with Crippen molar-refractivity contribution in [3.8, 4) is 5.75 Å². The molecule has 0 radical (unpaired) electrons. The van der Waals surface area contributed by atoms with Crippen molar-refractivity contribution in [1.29, 1.82) is 0 Å². The molecule has 3 rings (SSSR count). The van der Waals surface area contributed by atoms with Gasteiger partial charge in [-0.2, -0.15) is 0 Å². The molecule has 106 valence electrons. The number of hydrogen-bond donors (Lipinski definition) is 1. The second-order valence-corrected chi connectivity index (χ2v) is 4.84. The van der Waals surface area contributed by atoms with Crippen LogP contribution in [0.25, 0.3) is 11.1 Å². The Morgan fingerprint density at radius 2 is 2.05 bits per heavy atom. The van der Waals surface area contributed by atoms with Crippen molar-refractivity contribution < 1.29 is 13.9 Å². The van der Waals surface area contributed by atoms with Gasteiger partial charge < -0.3 is 9.15 Å². The third kappa shape index (κ3) is 2.43. The Labute approximate surface area is 124 Å². The Bertz CT molecular complexity index is 894. The number of oxazole rings is 1. The summed E-state index contributed by atoms with van der Waals surface area (Å²) in [6.45, 7) is 0. The highest BCUT2D eigenvalue weighted by Gasteiger charge is 2.16. The molecule has 3 aromatic rings. The van der Waals surface area contributed by atoms with E-state index in [1.807, 2.05) is 0 Å². The van der Waals surface area contributed by atoms with Crippen LogP contribution in [0.4, 0.5) is 0 Å². The first-order chi connectivity index (χ1) is 10.1. The molecule has 0 saturated carbocycles. The van der Waals surface area contributed by atoms with E-state index in [-0.39, 0.29) is 5.78 Å². The largest absolute Gasteiger partial charge is 0.496 e. The number of aromatic amines is 1. The van der Waals surface area contributed by atoms with Gasteiger partial charge in [-0.1, -0.05) is 11.6 Å². The van der Waals surface area contributed by atoms with Crippen molar-refractivity contribution in [3.05, 3.63) is 63.1 Å². The quantitative estimate of drug-likeness (QED) is 0.755. The molecule has 5 nitrogen and oxygen atoms in total. The number of halogens is 1.